The lowest BCUT2D eigenvalue weighted by Gasteiger charge is -2.44. The maximum absolute atomic E-state index is 12.5. The van der Waals surface area contributed by atoms with Gasteiger partial charge in [0.15, 0.2) is 0 Å². The van der Waals surface area contributed by atoms with Gasteiger partial charge in [0, 0.05) is 17.7 Å². The zero-order chi connectivity index (χ0) is 24.6. The van der Waals surface area contributed by atoms with Crippen LogP contribution in [-0.4, -0.2) is 22.9 Å². The van der Waals surface area contributed by atoms with Gasteiger partial charge in [-0.1, -0.05) is 74.5 Å². The topological polar surface area (TPSA) is 64.1 Å². The standard InChI is InChI=1S/C29H41N3OSi/c1-28(2,3)32-26(20-27(30)31-32)23-18-16-22(17-19-23)21-29(4,5)34(33,24-12-8-6-9-13-24)25-14-10-7-11-15-25/h6-15,20,22-23,33H,16-19,21H2,1-5H3,(H2,30,31). The highest BCUT2D eigenvalue weighted by molar-refractivity contribution is 6.98. The lowest BCUT2D eigenvalue weighted by molar-refractivity contribution is 0.260. The second-order valence-electron chi connectivity index (χ2n) is 11.8. The van der Waals surface area contributed by atoms with Gasteiger partial charge in [0.05, 0.1) is 5.54 Å². The molecule has 0 radical (unpaired) electrons. The summed E-state index contributed by atoms with van der Waals surface area (Å²) in [7, 11) is -2.96. The van der Waals surface area contributed by atoms with Crippen LogP contribution in [0.2, 0.25) is 5.04 Å². The Bertz CT molecular complexity index is 1040. The molecule has 0 amide bonds. The Morgan fingerprint density at radius 1 is 0.882 bits per heavy atom. The molecular formula is C29H41N3OSi. The highest BCUT2D eigenvalue weighted by atomic mass is 28.4. The Hall–Kier alpha value is -2.37. The first-order valence-corrected chi connectivity index (χ1v) is 14.7. The number of aromatic nitrogens is 2. The Balaban J connectivity index is 1.54. The molecule has 1 heterocycles. The second kappa shape index (κ2) is 9.35. The van der Waals surface area contributed by atoms with Crippen molar-refractivity contribution < 1.29 is 4.80 Å². The normalized spacial score (nSPS) is 19.8. The van der Waals surface area contributed by atoms with E-state index in [0.29, 0.717) is 17.7 Å². The molecule has 182 valence electrons. The maximum Gasteiger partial charge on any atom is 0.258 e. The molecule has 0 atom stereocenters. The average molecular weight is 476 g/mol. The summed E-state index contributed by atoms with van der Waals surface area (Å²) in [5.74, 6) is 1.73. The number of nitrogens with zero attached hydrogens (tertiary/aromatic N) is 2. The van der Waals surface area contributed by atoms with Gasteiger partial charge in [0.25, 0.3) is 8.32 Å². The predicted octanol–water partition coefficient (Wildman–Crippen LogP) is 5.42. The van der Waals surface area contributed by atoms with Crippen LogP contribution < -0.4 is 16.1 Å². The third kappa shape index (κ3) is 4.73. The molecule has 0 saturated heterocycles. The molecule has 1 fully saturated rings. The molecule has 1 aliphatic carbocycles. The van der Waals surface area contributed by atoms with Crippen LogP contribution in [0.5, 0.6) is 0 Å². The first kappa shape index (κ1) is 24.7. The highest BCUT2D eigenvalue weighted by Gasteiger charge is 2.50. The Morgan fingerprint density at radius 2 is 1.38 bits per heavy atom. The van der Waals surface area contributed by atoms with Gasteiger partial charge >= 0.3 is 0 Å². The van der Waals surface area contributed by atoms with Crippen LogP contribution >= 0.6 is 0 Å². The molecule has 2 aromatic carbocycles. The zero-order valence-electron chi connectivity index (χ0n) is 21.5. The van der Waals surface area contributed by atoms with Gasteiger partial charge in [-0.3, -0.25) is 4.68 Å². The lowest BCUT2D eigenvalue weighted by atomic mass is 9.77. The fraction of sp³-hybridized carbons (Fsp3) is 0.483. The van der Waals surface area contributed by atoms with E-state index >= 15 is 0 Å². The first-order chi connectivity index (χ1) is 16.0. The van der Waals surface area contributed by atoms with Gasteiger partial charge in [-0.05, 0) is 74.2 Å². The summed E-state index contributed by atoms with van der Waals surface area (Å²) >= 11 is 0. The smallest absolute Gasteiger partial charge is 0.258 e. The summed E-state index contributed by atoms with van der Waals surface area (Å²) in [6, 6.07) is 22.9. The van der Waals surface area contributed by atoms with Crippen LogP contribution in [0.15, 0.2) is 66.7 Å². The van der Waals surface area contributed by atoms with E-state index in [1.54, 1.807) is 0 Å². The van der Waals surface area contributed by atoms with Crippen LogP contribution in [0.4, 0.5) is 5.82 Å². The predicted molar refractivity (Wildman–Crippen MR) is 145 cm³/mol. The molecule has 4 rings (SSSR count). The summed E-state index contributed by atoms with van der Waals surface area (Å²) < 4.78 is 2.13. The summed E-state index contributed by atoms with van der Waals surface area (Å²) in [6.45, 7) is 11.2. The molecule has 5 heteroatoms. The minimum atomic E-state index is -2.96. The van der Waals surface area contributed by atoms with Gasteiger partial charge in [-0.25, -0.2) is 0 Å². The van der Waals surface area contributed by atoms with Crippen molar-refractivity contribution in [2.75, 3.05) is 5.73 Å². The molecule has 34 heavy (non-hydrogen) atoms. The minimum absolute atomic E-state index is 0.0702. The van der Waals surface area contributed by atoms with Crippen molar-refractivity contribution >= 4 is 24.5 Å². The molecular weight excluding hydrogens is 434 g/mol. The van der Waals surface area contributed by atoms with Gasteiger partial charge in [-0.2, -0.15) is 5.10 Å². The van der Waals surface area contributed by atoms with E-state index in [1.807, 2.05) is 12.1 Å². The number of benzene rings is 2. The molecule has 1 aromatic heterocycles. The van der Waals surface area contributed by atoms with Crippen LogP contribution in [0.25, 0.3) is 0 Å². The van der Waals surface area contributed by atoms with E-state index in [2.05, 4.69) is 99.0 Å². The SMILES string of the molecule is CC(C)(C)n1nc(N)cc1C1CCC(CC(C)(C)[Si](O)(c2ccccc2)c2ccccc2)CC1. The van der Waals surface area contributed by atoms with Crippen molar-refractivity contribution in [1.82, 2.24) is 9.78 Å². The first-order valence-electron chi connectivity index (χ1n) is 12.7. The van der Waals surface area contributed by atoms with Crippen LogP contribution in [0, 0.1) is 5.92 Å². The number of nitrogens with two attached hydrogens (primary N) is 1. The largest absolute Gasteiger partial charge is 0.424 e. The van der Waals surface area contributed by atoms with Crippen molar-refractivity contribution in [3.8, 4) is 0 Å². The van der Waals surface area contributed by atoms with E-state index in [0.717, 1.165) is 29.6 Å². The van der Waals surface area contributed by atoms with Crippen molar-refractivity contribution in [3.63, 3.8) is 0 Å². The number of hydrogen-bond donors (Lipinski definition) is 2. The molecule has 0 bridgehead atoms. The van der Waals surface area contributed by atoms with Gasteiger partial charge in [0.2, 0.25) is 0 Å². The van der Waals surface area contributed by atoms with Gasteiger partial charge in [0.1, 0.15) is 5.82 Å². The summed E-state index contributed by atoms with van der Waals surface area (Å²) in [4.78, 5) is 12.5. The summed E-state index contributed by atoms with van der Waals surface area (Å²) in [5.41, 5.74) is 7.31. The molecule has 0 aliphatic heterocycles. The molecule has 4 nitrogen and oxygen atoms in total. The minimum Gasteiger partial charge on any atom is -0.424 e. The number of anilines is 1. The molecule has 0 spiro atoms. The Morgan fingerprint density at radius 3 is 1.85 bits per heavy atom. The fourth-order valence-electron chi connectivity index (χ4n) is 6.08. The van der Waals surface area contributed by atoms with Crippen LogP contribution in [0.1, 0.15) is 78.3 Å². The highest BCUT2D eigenvalue weighted by Crippen LogP contribution is 2.47. The molecule has 1 aliphatic rings. The van der Waals surface area contributed by atoms with Crippen LogP contribution in [0.3, 0.4) is 0 Å². The monoisotopic (exact) mass is 475 g/mol. The number of rotatable bonds is 6. The van der Waals surface area contributed by atoms with E-state index in [-0.39, 0.29) is 10.6 Å². The van der Waals surface area contributed by atoms with Gasteiger partial charge < -0.3 is 10.5 Å². The maximum atomic E-state index is 12.5. The molecule has 0 unspecified atom stereocenters. The Labute approximate surface area is 206 Å². The quantitative estimate of drug-likeness (QED) is 0.468. The van der Waals surface area contributed by atoms with E-state index < -0.39 is 8.32 Å². The Kier molecular flexibility index (Phi) is 6.80. The lowest BCUT2D eigenvalue weighted by Crippen LogP contribution is -2.65. The third-order valence-electron chi connectivity index (χ3n) is 7.82. The third-order valence-corrected chi connectivity index (χ3v) is 12.3. The summed E-state index contributed by atoms with van der Waals surface area (Å²) in [5, 5.41) is 6.61. The summed E-state index contributed by atoms with van der Waals surface area (Å²) in [6.07, 6.45) is 5.69. The number of hydrogen-bond acceptors (Lipinski definition) is 3. The van der Waals surface area contributed by atoms with Gasteiger partial charge in [-0.15, -0.1) is 0 Å². The van der Waals surface area contributed by atoms with Crippen molar-refractivity contribution in [2.45, 2.75) is 83.2 Å². The fourth-order valence-corrected chi connectivity index (χ4v) is 9.91. The molecule has 1 saturated carbocycles. The molecule has 3 aromatic rings. The van der Waals surface area contributed by atoms with Crippen molar-refractivity contribution in [1.29, 1.82) is 0 Å². The van der Waals surface area contributed by atoms with Crippen LogP contribution in [-0.2, 0) is 5.54 Å². The second-order valence-corrected chi connectivity index (χ2v) is 15.8. The van der Waals surface area contributed by atoms with E-state index in [9.17, 15) is 4.80 Å². The van der Waals surface area contributed by atoms with Crippen molar-refractivity contribution in [2.24, 2.45) is 5.92 Å². The average Bonchev–Trinajstić information content (AvgIpc) is 3.22. The van der Waals surface area contributed by atoms with Crippen molar-refractivity contribution in [3.05, 3.63) is 72.4 Å². The zero-order valence-corrected chi connectivity index (χ0v) is 22.5. The van der Waals surface area contributed by atoms with E-state index in [4.69, 9.17) is 5.73 Å². The number of nitrogen functional groups attached to an aromatic ring is 1. The van der Waals surface area contributed by atoms with E-state index in [1.165, 1.54) is 18.5 Å². The molecule has 3 N–H and O–H groups in total.